The average Bonchev–Trinajstić information content (AvgIpc) is 2.29. The van der Waals surface area contributed by atoms with E-state index < -0.39 is 5.95 Å². The highest BCUT2D eigenvalue weighted by atomic mass is 79.9. The van der Waals surface area contributed by atoms with Gasteiger partial charge in [-0.3, -0.25) is 0 Å². The Kier molecular flexibility index (Phi) is 3.74. The van der Waals surface area contributed by atoms with Crippen LogP contribution in [0.25, 0.3) is 0 Å². The Balaban J connectivity index is 2.14. The van der Waals surface area contributed by atoms with Gasteiger partial charge in [-0.25, -0.2) is 4.98 Å². The summed E-state index contributed by atoms with van der Waals surface area (Å²) in [6.07, 6.45) is 1.47. The van der Waals surface area contributed by atoms with Crippen LogP contribution in [0.15, 0.2) is 47.1 Å². The van der Waals surface area contributed by atoms with Gasteiger partial charge in [-0.05, 0) is 23.8 Å². The maximum atomic E-state index is 13.0. The zero-order chi connectivity index (χ0) is 12.3. The average molecular weight is 295 g/mol. The van der Waals surface area contributed by atoms with Crippen molar-refractivity contribution in [2.45, 2.75) is 6.54 Å². The number of anilines is 1. The fraction of sp³-hybridized carbons (Fsp3) is 0.154. The normalized spacial score (nSPS) is 10.3. The van der Waals surface area contributed by atoms with E-state index in [9.17, 15) is 4.39 Å². The molecule has 17 heavy (non-hydrogen) atoms. The van der Waals surface area contributed by atoms with E-state index in [2.05, 4.69) is 20.9 Å². The minimum absolute atomic E-state index is 0.455. The Morgan fingerprint density at radius 1 is 1.29 bits per heavy atom. The number of aromatic nitrogens is 1. The summed E-state index contributed by atoms with van der Waals surface area (Å²) in [7, 11) is 1.93. The van der Waals surface area contributed by atoms with Gasteiger partial charge >= 0.3 is 0 Å². The summed E-state index contributed by atoms with van der Waals surface area (Å²) in [5.41, 5.74) is 1.98. The number of benzene rings is 1. The van der Waals surface area contributed by atoms with Crippen molar-refractivity contribution >= 4 is 21.6 Å². The summed E-state index contributed by atoms with van der Waals surface area (Å²) in [5.74, 6) is -0.455. The first kappa shape index (κ1) is 12.0. The lowest BCUT2D eigenvalue weighted by molar-refractivity contribution is 0.583. The van der Waals surface area contributed by atoms with E-state index in [1.807, 2.05) is 36.2 Å². The second-order valence-electron chi connectivity index (χ2n) is 3.82. The van der Waals surface area contributed by atoms with Crippen LogP contribution >= 0.6 is 15.9 Å². The fourth-order valence-corrected chi connectivity index (χ4v) is 2.08. The van der Waals surface area contributed by atoms with Crippen LogP contribution < -0.4 is 4.90 Å². The van der Waals surface area contributed by atoms with Crippen molar-refractivity contribution in [1.82, 2.24) is 4.98 Å². The molecule has 0 aliphatic carbocycles. The van der Waals surface area contributed by atoms with Crippen molar-refractivity contribution in [3.8, 4) is 0 Å². The molecule has 0 aliphatic heterocycles. The van der Waals surface area contributed by atoms with Crippen molar-refractivity contribution in [1.29, 1.82) is 0 Å². The lowest BCUT2D eigenvalue weighted by Gasteiger charge is -2.19. The molecule has 1 heterocycles. The van der Waals surface area contributed by atoms with E-state index in [1.54, 1.807) is 6.07 Å². The van der Waals surface area contributed by atoms with Gasteiger partial charge in [0.2, 0.25) is 5.95 Å². The smallest absolute Gasteiger partial charge is 0.214 e. The van der Waals surface area contributed by atoms with Crippen LogP contribution in [-0.4, -0.2) is 12.0 Å². The van der Waals surface area contributed by atoms with Gasteiger partial charge in [-0.1, -0.05) is 28.1 Å². The summed E-state index contributed by atoms with van der Waals surface area (Å²) in [4.78, 5) is 5.52. The molecule has 0 N–H and O–H groups in total. The van der Waals surface area contributed by atoms with Crippen LogP contribution in [0.3, 0.4) is 0 Å². The van der Waals surface area contributed by atoms with Gasteiger partial charge in [0.05, 0.1) is 0 Å². The molecule has 88 valence electrons. The Morgan fingerprint density at radius 3 is 2.82 bits per heavy atom. The maximum Gasteiger partial charge on any atom is 0.214 e. The van der Waals surface area contributed by atoms with Crippen molar-refractivity contribution in [2.75, 3.05) is 11.9 Å². The quantitative estimate of drug-likeness (QED) is 0.804. The van der Waals surface area contributed by atoms with E-state index in [1.165, 1.54) is 17.8 Å². The van der Waals surface area contributed by atoms with Crippen LogP contribution in [-0.2, 0) is 6.54 Å². The molecule has 0 saturated carbocycles. The molecule has 0 radical (unpaired) electrons. The highest BCUT2D eigenvalue weighted by molar-refractivity contribution is 9.10. The van der Waals surface area contributed by atoms with Gasteiger partial charge in [0.15, 0.2) is 0 Å². The van der Waals surface area contributed by atoms with E-state index in [0.717, 1.165) is 16.7 Å². The van der Waals surface area contributed by atoms with E-state index in [4.69, 9.17) is 0 Å². The second kappa shape index (κ2) is 5.27. The first-order valence-corrected chi connectivity index (χ1v) is 6.01. The van der Waals surface area contributed by atoms with Gasteiger partial charge < -0.3 is 4.90 Å². The molecule has 0 saturated heterocycles. The largest absolute Gasteiger partial charge is 0.370 e. The summed E-state index contributed by atoms with van der Waals surface area (Å²) in [5, 5.41) is 0. The standard InChI is InChI=1S/C13H12BrFN2/c1-17(12-5-6-16-13(15)8-12)9-10-3-2-4-11(14)7-10/h2-8H,9H2,1H3. The molecule has 0 spiro atoms. The summed E-state index contributed by atoms with van der Waals surface area (Å²) in [6, 6.07) is 11.3. The molecular formula is C13H12BrFN2. The van der Waals surface area contributed by atoms with Crippen LogP contribution in [0.1, 0.15) is 5.56 Å². The van der Waals surface area contributed by atoms with E-state index in [0.29, 0.717) is 0 Å². The predicted octanol–water partition coefficient (Wildman–Crippen LogP) is 3.62. The molecule has 0 atom stereocenters. The van der Waals surface area contributed by atoms with Crippen LogP contribution in [0.4, 0.5) is 10.1 Å². The van der Waals surface area contributed by atoms with Gasteiger partial charge in [-0.15, -0.1) is 0 Å². The molecule has 0 amide bonds. The van der Waals surface area contributed by atoms with Crippen molar-refractivity contribution < 1.29 is 4.39 Å². The highest BCUT2D eigenvalue weighted by Crippen LogP contribution is 2.17. The first-order chi connectivity index (χ1) is 8.15. The number of hydrogen-bond acceptors (Lipinski definition) is 2. The Labute approximate surface area is 108 Å². The molecule has 4 heteroatoms. The number of nitrogens with zero attached hydrogens (tertiary/aromatic N) is 2. The molecular weight excluding hydrogens is 283 g/mol. The maximum absolute atomic E-state index is 13.0. The number of rotatable bonds is 3. The van der Waals surface area contributed by atoms with Crippen molar-refractivity contribution in [3.63, 3.8) is 0 Å². The minimum atomic E-state index is -0.455. The number of pyridine rings is 1. The summed E-state index contributed by atoms with van der Waals surface area (Å²) in [6.45, 7) is 0.725. The third-order valence-electron chi connectivity index (χ3n) is 2.46. The van der Waals surface area contributed by atoms with Crippen LogP contribution in [0, 0.1) is 5.95 Å². The molecule has 0 bridgehead atoms. The molecule has 0 unspecified atom stereocenters. The molecule has 1 aromatic heterocycles. The fourth-order valence-electron chi connectivity index (χ4n) is 1.63. The Bertz CT molecular complexity index is 516. The third kappa shape index (κ3) is 3.27. The van der Waals surface area contributed by atoms with Gasteiger partial charge in [0, 0.05) is 36.0 Å². The first-order valence-electron chi connectivity index (χ1n) is 5.22. The molecule has 2 nitrogen and oxygen atoms in total. The molecule has 0 fully saturated rings. The van der Waals surface area contributed by atoms with Crippen LogP contribution in [0.5, 0.6) is 0 Å². The molecule has 2 aromatic rings. The second-order valence-corrected chi connectivity index (χ2v) is 4.74. The number of halogens is 2. The Hall–Kier alpha value is -1.42. The predicted molar refractivity (Wildman–Crippen MR) is 70.4 cm³/mol. The Morgan fingerprint density at radius 2 is 2.12 bits per heavy atom. The SMILES string of the molecule is CN(Cc1cccc(Br)c1)c1ccnc(F)c1. The van der Waals surface area contributed by atoms with Crippen LogP contribution in [0.2, 0.25) is 0 Å². The summed E-state index contributed by atoms with van der Waals surface area (Å²) < 4.78 is 14.0. The van der Waals surface area contributed by atoms with Crippen molar-refractivity contribution in [2.24, 2.45) is 0 Å². The minimum Gasteiger partial charge on any atom is -0.370 e. The summed E-state index contributed by atoms with van der Waals surface area (Å²) >= 11 is 3.43. The highest BCUT2D eigenvalue weighted by Gasteiger charge is 2.03. The zero-order valence-electron chi connectivity index (χ0n) is 9.40. The third-order valence-corrected chi connectivity index (χ3v) is 2.95. The molecule has 1 aromatic carbocycles. The van der Waals surface area contributed by atoms with E-state index >= 15 is 0 Å². The van der Waals surface area contributed by atoms with Gasteiger partial charge in [-0.2, -0.15) is 4.39 Å². The molecule has 2 rings (SSSR count). The molecule has 0 aliphatic rings. The zero-order valence-corrected chi connectivity index (χ0v) is 11.0. The number of hydrogen-bond donors (Lipinski definition) is 0. The van der Waals surface area contributed by atoms with E-state index in [-0.39, 0.29) is 0 Å². The van der Waals surface area contributed by atoms with Gasteiger partial charge in [0.1, 0.15) is 0 Å². The van der Waals surface area contributed by atoms with Gasteiger partial charge in [0.25, 0.3) is 0 Å². The lowest BCUT2D eigenvalue weighted by Crippen LogP contribution is -2.16. The monoisotopic (exact) mass is 294 g/mol. The topological polar surface area (TPSA) is 16.1 Å². The lowest BCUT2D eigenvalue weighted by atomic mass is 10.2. The van der Waals surface area contributed by atoms with Crippen molar-refractivity contribution in [3.05, 3.63) is 58.6 Å².